The summed E-state index contributed by atoms with van der Waals surface area (Å²) in [6.45, 7) is 5.13. The summed E-state index contributed by atoms with van der Waals surface area (Å²) >= 11 is 0. The van der Waals surface area contributed by atoms with Gasteiger partial charge in [0.1, 0.15) is 12.4 Å². The molecule has 0 amide bonds. The van der Waals surface area contributed by atoms with Crippen molar-refractivity contribution in [2.75, 3.05) is 45.2 Å². The molecule has 0 unspecified atom stereocenters. The Kier molecular flexibility index (Phi) is 6.68. The van der Waals surface area contributed by atoms with Crippen LogP contribution in [0.5, 0.6) is 5.75 Å². The summed E-state index contributed by atoms with van der Waals surface area (Å²) < 4.78 is 38.2. The predicted octanol–water partition coefficient (Wildman–Crippen LogP) is 1.46. The Morgan fingerprint density at radius 2 is 1.70 bits per heavy atom. The first-order valence-corrected chi connectivity index (χ1v) is 10.4. The van der Waals surface area contributed by atoms with E-state index in [1.807, 2.05) is 24.3 Å². The number of rotatable bonds is 8. The van der Waals surface area contributed by atoms with Gasteiger partial charge in [-0.05, 0) is 42.0 Å². The molecule has 0 bridgehead atoms. The van der Waals surface area contributed by atoms with Gasteiger partial charge in [-0.25, -0.2) is 13.1 Å². The first-order valence-electron chi connectivity index (χ1n) is 8.90. The second kappa shape index (κ2) is 9.18. The number of nitrogens with two attached hydrogens (primary N) is 1. The summed E-state index contributed by atoms with van der Waals surface area (Å²) in [6.07, 6.45) is 0. The van der Waals surface area contributed by atoms with Crippen LogP contribution in [0.4, 0.5) is 5.69 Å². The van der Waals surface area contributed by atoms with Crippen molar-refractivity contribution in [3.63, 3.8) is 0 Å². The van der Waals surface area contributed by atoms with E-state index in [-0.39, 0.29) is 11.4 Å². The molecule has 0 spiro atoms. The van der Waals surface area contributed by atoms with E-state index in [1.165, 1.54) is 12.1 Å². The van der Waals surface area contributed by atoms with E-state index in [0.717, 1.165) is 44.2 Å². The van der Waals surface area contributed by atoms with Crippen LogP contribution in [-0.4, -0.2) is 52.8 Å². The Morgan fingerprint density at radius 1 is 1.04 bits per heavy atom. The molecule has 0 aliphatic carbocycles. The highest BCUT2D eigenvalue weighted by atomic mass is 32.2. The Hall–Kier alpha value is -2.13. The van der Waals surface area contributed by atoms with E-state index in [9.17, 15) is 8.42 Å². The topological polar surface area (TPSA) is 93.9 Å². The maximum absolute atomic E-state index is 12.3. The van der Waals surface area contributed by atoms with Gasteiger partial charge in [0.2, 0.25) is 10.0 Å². The fourth-order valence-corrected chi connectivity index (χ4v) is 3.75. The lowest BCUT2D eigenvalue weighted by atomic mass is 10.2. The molecule has 27 heavy (non-hydrogen) atoms. The number of benzene rings is 2. The van der Waals surface area contributed by atoms with Crippen LogP contribution in [0.1, 0.15) is 5.56 Å². The number of sulfonamides is 1. The first-order chi connectivity index (χ1) is 13.0. The summed E-state index contributed by atoms with van der Waals surface area (Å²) in [5.41, 5.74) is 6.97. The minimum Gasteiger partial charge on any atom is -0.492 e. The molecule has 1 fully saturated rings. The van der Waals surface area contributed by atoms with Crippen molar-refractivity contribution in [3.8, 4) is 5.75 Å². The van der Waals surface area contributed by atoms with Crippen LogP contribution in [-0.2, 0) is 21.3 Å². The third kappa shape index (κ3) is 5.93. The molecule has 0 saturated carbocycles. The number of hydrogen-bond donors (Lipinski definition) is 2. The summed E-state index contributed by atoms with van der Waals surface area (Å²) in [5, 5.41) is 0. The number of hydrogen-bond acceptors (Lipinski definition) is 6. The Labute approximate surface area is 160 Å². The number of morpholine rings is 1. The Bertz CT molecular complexity index is 817. The van der Waals surface area contributed by atoms with Crippen LogP contribution in [0.25, 0.3) is 0 Å². The van der Waals surface area contributed by atoms with E-state index in [1.54, 1.807) is 12.1 Å². The molecule has 7 nitrogen and oxygen atoms in total. The van der Waals surface area contributed by atoms with E-state index in [0.29, 0.717) is 12.3 Å². The Balaban J connectivity index is 1.46. The standard InChI is InChI=1S/C19H25N3O4S/c20-17-3-7-19(8-4-17)27(23,24)21-15-16-1-5-18(6-2-16)26-14-11-22-9-12-25-13-10-22/h1-8,21H,9-15,20H2. The maximum Gasteiger partial charge on any atom is 0.240 e. The van der Waals surface area contributed by atoms with Crippen LogP contribution in [0.3, 0.4) is 0 Å². The third-order valence-electron chi connectivity index (χ3n) is 4.36. The lowest BCUT2D eigenvalue weighted by Crippen LogP contribution is -2.38. The molecule has 146 valence electrons. The summed E-state index contributed by atoms with van der Waals surface area (Å²) in [4.78, 5) is 2.50. The molecule has 2 aromatic carbocycles. The molecule has 3 N–H and O–H groups in total. The zero-order valence-electron chi connectivity index (χ0n) is 15.1. The zero-order chi connectivity index (χ0) is 19.1. The van der Waals surface area contributed by atoms with Crippen molar-refractivity contribution in [1.29, 1.82) is 0 Å². The molecule has 1 saturated heterocycles. The van der Waals surface area contributed by atoms with E-state index in [2.05, 4.69) is 9.62 Å². The summed E-state index contributed by atoms with van der Waals surface area (Å²) in [5.74, 6) is 0.772. The van der Waals surface area contributed by atoms with Crippen LogP contribution in [0.15, 0.2) is 53.4 Å². The average molecular weight is 391 g/mol. The molecule has 0 aromatic heterocycles. The lowest BCUT2D eigenvalue weighted by molar-refractivity contribution is 0.0322. The van der Waals surface area contributed by atoms with Crippen molar-refractivity contribution in [3.05, 3.63) is 54.1 Å². The minimum atomic E-state index is -3.56. The fourth-order valence-electron chi connectivity index (χ4n) is 2.73. The van der Waals surface area contributed by atoms with Gasteiger partial charge in [-0.3, -0.25) is 4.90 Å². The molecule has 8 heteroatoms. The SMILES string of the molecule is Nc1ccc(S(=O)(=O)NCc2ccc(OCCN3CCOCC3)cc2)cc1. The van der Waals surface area contributed by atoms with Crippen LogP contribution >= 0.6 is 0 Å². The largest absolute Gasteiger partial charge is 0.492 e. The maximum atomic E-state index is 12.3. The van der Waals surface area contributed by atoms with Crippen LogP contribution in [0.2, 0.25) is 0 Å². The van der Waals surface area contributed by atoms with Crippen molar-refractivity contribution in [2.24, 2.45) is 0 Å². The second-order valence-electron chi connectivity index (χ2n) is 6.34. The van der Waals surface area contributed by atoms with Gasteiger partial charge in [-0.2, -0.15) is 0 Å². The molecule has 3 rings (SSSR count). The van der Waals surface area contributed by atoms with Gasteiger partial charge in [-0.1, -0.05) is 12.1 Å². The lowest BCUT2D eigenvalue weighted by Gasteiger charge is -2.26. The highest BCUT2D eigenvalue weighted by Gasteiger charge is 2.13. The van der Waals surface area contributed by atoms with Gasteiger partial charge in [0.05, 0.1) is 18.1 Å². The predicted molar refractivity (Wildman–Crippen MR) is 104 cm³/mol. The smallest absolute Gasteiger partial charge is 0.240 e. The first kappa shape index (κ1) is 19.6. The van der Waals surface area contributed by atoms with Crippen molar-refractivity contribution >= 4 is 15.7 Å². The Morgan fingerprint density at radius 3 is 2.37 bits per heavy atom. The quantitative estimate of drug-likeness (QED) is 0.662. The number of anilines is 1. The monoisotopic (exact) mass is 391 g/mol. The van der Waals surface area contributed by atoms with Crippen molar-refractivity contribution < 1.29 is 17.9 Å². The van der Waals surface area contributed by atoms with Gasteiger partial charge in [0.25, 0.3) is 0 Å². The average Bonchev–Trinajstić information content (AvgIpc) is 2.69. The number of ether oxygens (including phenoxy) is 2. The van der Waals surface area contributed by atoms with Crippen molar-refractivity contribution in [2.45, 2.75) is 11.4 Å². The van der Waals surface area contributed by atoms with Gasteiger partial charge in [0, 0.05) is 31.9 Å². The molecule has 1 aliphatic rings. The van der Waals surface area contributed by atoms with Gasteiger partial charge >= 0.3 is 0 Å². The summed E-state index contributed by atoms with van der Waals surface area (Å²) in [7, 11) is -3.56. The number of nitrogens with zero attached hydrogens (tertiary/aromatic N) is 1. The molecule has 0 radical (unpaired) electrons. The van der Waals surface area contributed by atoms with E-state index in [4.69, 9.17) is 15.2 Å². The number of nitrogen functional groups attached to an aromatic ring is 1. The normalized spacial score (nSPS) is 15.6. The highest BCUT2D eigenvalue weighted by Crippen LogP contribution is 2.15. The molecule has 1 heterocycles. The van der Waals surface area contributed by atoms with Crippen LogP contribution in [0, 0.1) is 0 Å². The molecule has 1 aliphatic heterocycles. The molecular formula is C19H25N3O4S. The van der Waals surface area contributed by atoms with Gasteiger partial charge < -0.3 is 15.2 Å². The van der Waals surface area contributed by atoms with Crippen molar-refractivity contribution in [1.82, 2.24) is 9.62 Å². The van der Waals surface area contributed by atoms with E-state index < -0.39 is 10.0 Å². The minimum absolute atomic E-state index is 0.194. The van der Waals surface area contributed by atoms with Gasteiger partial charge in [-0.15, -0.1) is 0 Å². The summed E-state index contributed by atoms with van der Waals surface area (Å²) in [6, 6.07) is 13.5. The van der Waals surface area contributed by atoms with Crippen LogP contribution < -0.4 is 15.2 Å². The molecule has 2 aromatic rings. The highest BCUT2D eigenvalue weighted by molar-refractivity contribution is 7.89. The molecule has 0 atom stereocenters. The van der Waals surface area contributed by atoms with Gasteiger partial charge in [0.15, 0.2) is 0 Å². The second-order valence-corrected chi connectivity index (χ2v) is 8.11. The zero-order valence-corrected chi connectivity index (χ0v) is 16.0. The molecular weight excluding hydrogens is 366 g/mol. The fraction of sp³-hybridized carbons (Fsp3) is 0.368. The number of nitrogens with one attached hydrogen (secondary N) is 1. The third-order valence-corrected chi connectivity index (χ3v) is 5.78. The van der Waals surface area contributed by atoms with E-state index >= 15 is 0 Å².